The molecule has 1 aliphatic heterocycles. The quantitative estimate of drug-likeness (QED) is 0.834. The van der Waals surface area contributed by atoms with Gasteiger partial charge in [-0.3, -0.25) is 4.79 Å². The topological polar surface area (TPSA) is 66.6 Å². The lowest BCUT2D eigenvalue weighted by molar-refractivity contribution is -0.137. The third-order valence-electron chi connectivity index (χ3n) is 3.62. The number of carbonyl (C=O) groups is 1. The molecular weight excluding hydrogens is 228 g/mol. The summed E-state index contributed by atoms with van der Waals surface area (Å²) in [6, 6.07) is 8.26. The van der Waals surface area contributed by atoms with E-state index in [1.165, 1.54) is 11.3 Å². The molecule has 0 aliphatic carbocycles. The summed E-state index contributed by atoms with van der Waals surface area (Å²) in [4.78, 5) is 13.0. The van der Waals surface area contributed by atoms with E-state index >= 15 is 0 Å². The molecule has 98 valence electrons. The average molecular weight is 248 g/mol. The minimum atomic E-state index is -0.748. The minimum absolute atomic E-state index is 0.0198. The largest absolute Gasteiger partial charge is 0.481 e. The van der Waals surface area contributed by atoms with Crippen molar-refractivity contribution in [1.29, 1.82) is 0 Å². The molecule has 1 heterocycles. The van der Waals surface area contributed by atoms with E-state index in [0.717, 1.165) is 13.0 Å². The van der Waals surface area contributed by atoms with Crippen molar-refractivity contribution >= 4 is 11.7 Å². The van der Waals surface area contributed by atoms with Gasteiger partial charge in [0, 0.05) is 24.2 Å². The molecule has 2 rings (SSSR count). The number of hydrogen-bond acceptors (Lipinski definition) is 3. The molecule has 0 aromatic heterocycles. The van der Waals surface area contributed by atoms with Gasteiger partial charge < -0.3 is 15.7 Å². The van der Waals surface area contributed by atoms with E-state index in [1.807, 2.05) is 19.1 Å². The number of carboxylic acid groups (broad SMARTS) is 1. The highest BCUT2D eigenvalue weighted by Gasteiger charge is 2.30. The third kappa shape index (κ3) is 2.48. The fourth-order valence-corrected chi connectivity index (χ4v) is 2.76. The molecule has 0 spiro atoms. The Morgan fingerprint density at radius 2 is 2.28 bits per heavy atom. The van der Waals surface area contributed by atoms with Crippen molar-refractivity contribution in [3.8, 4) is 0 Å². The lowest BCUT2D eigenvalue weighted by Crippen LogP contribution is -2.34. The maximum atomic E-state index is 10.8. The van der Waals surface area contributed by atoms with Crippen molar-refractivity contribution in [2.45, 2.75) is 31.7 Å². The maximum absolute atomic E-state index is 10.8. The van der Waals surface area contributed by atoms with E-state index in [0.29, 0.717) is 12.5 Å². The molecule has 0 saturated carbocycles. The number of benzene rings is 1. The molecule has 0 radical (unpaired) electrons. The van der Waals surface area contributed by atoms with E-state index in [-0.39, 0.29) is 12.5 Å². The number of nitrogens with zero attached hydrogens (tertiary/aromatic N) is 1. The third-order valence-corrected chi connectivity index (χ3v) is 3.62. The molecule has 1 aromatic rings. The monoisotopic (exact) mass is 248 g/mol. The van der Waals surface area contributed by atoms with E-state index in [9.17, 15) is 4.79 Å². The van der Waals surface area contributed by atoms with E-state index < -0.39 is 5.97 Å². The summed E-state index contributed by atoms with van der Waals surface area (Å²) in [5.41, 5.74) is 8.13. The van der Waals surface area contributed by atoms with Gasteiger partial charge in [-0.1, -0.05) is 18.2 Å². The Bertz CT molecular complexity index is 434. The first-order valence-electron chi connectivity index (χ1n) is 6.41. The van der Waals surface area contributed by atoms with Crippen LogP contribution in [0.5, 0.6) is 0 Å². The molecule has 0 amide bonds. The number of hydrogen-bond donors (Lipinski definition) is 2. The molecule has 4 nitrogen and oxygen atoms in total. The van der Waals surface area contributed by atoms with Gasteiger partial charge in [0.2, 0.25) is 0 Å². The van der Waals surface area contributed by atoms with E-state index in [2.05, 4.69) is 17.0 Å². The molecule has 2 atom stereocenters. The molecule has 18 heavy (non-hydrogen) atoms. The standard InChI is InChI=1S/C14H20N2O2/c1-10(8-14(17)18)16-9-11(6-7-15)12-4-2-3-5-13(12)16/h2-5,10-11H,6-9,15H2,1H3,(H,17,18). The summed E-state index contributed by atoms with van der Waals surface area (Å²) in [5.74, 6) is -0.315. The Morgan fingerprint density at radius 1 is 1.56 bits per heavy atom. The van der Waals surface area contributed by atoms with Gasteiger partial charge in [-0.05, 0) is 31.5 Å². The Hall–Kier alpha value is -1.55. The zero-order chi connectivity index (χ0) is 13.1. The summed E-state index contributed by atoms with van der Waals surface area (Å²) in [7, 11) is 0. The lowest BCUT2D eigenvalue weighted by Gasteiger charge is -2.26. The summed E-state index contributed by atoms with van der Waals surface area (Å²) < 4.78 is 0. The number of para-hydroxylation sites is 1. The second kappa shape index (κ2) is 5.40. The Balaban J connectivity index is 2.22. The summed E-state index contributed by atoms with van der Waals surface area (Å²) >= 11 is 0. The predicted molar refractivity (Wildman–Crippen MR) is 71.9 cm³/mol. The first-order chi connectivity index (χ1) is 8.63. The van der Waals surface area contributed by atoms with Crippen LogP contribution >= 0.6 is 0 Å². The SMILES string of the molecule is CC(CC(=O)O)N1CC(CCN)c2ccccc21. The highest BCUT2D eigenvalue weighted by atomic mass is 16.4. The zero-order valence-electron chi connectivity index (χ0n) is 10.7. The van der Waals surface area contributed by atoms with Crippen molar-refractivity contribution < 1.29 is 9.90 Å². The first kappa shape index (κ1) is 12.9. The second-order valence-electron chi connectivity index (χ2n) is 4.93. The molecule has 0 fully saturated rings. The Kier molecular flexibility index (Phi) is 3.87. The van der Waals surface area contributed by atoms with Crippen LogP contribution in [0.2, 0.25) is 0 Å². The van der Waals surface area contributed by atoms with Crippen LogP contribution < -0.4 is 10.6 Å². The highest BCUT2D eigenvalue weighted by molar-refractivity contribution is 5.69. The number of carboxylic acids is 1. The van der Waals surface area contributed by atoms with Gasteiger partial charge in [0.15, 0.2) is 0 Å². The lowest BCUT2D eigenvalue weighted by atomic mass is 9.98. The molecule has 1 aliphatic rings. The van der Waals surface area contributed by atoms with Crippen molar-refractivity contribution in [1.82, 2.24) is 0 Å². The minimum Gasteiger partial charge on any atom is -0.481 e. The van der Waals surface area contributed by atoms with Gasteiger partial charge in [0.1, 0.15) is 0 Å². The Labute approximate surface area is 107 Å². The van der Waals surface area contributed by atoms with Crippen LogP contribution in [0.1, 0.15) is 31.2 Å². The second-order valence-corrected chi connectivity index (χ2v) is 4.93. The molecule has 2 unspecified atom stereocenters. The number of fused-ring (bicyclic) bond motifs is 1. The van der Waals surface area contributed by atoms with Crippen LogP contribution in [0.4, 0.5) is 5.69 Å². The molecule has 4 heteroatoms. The average Bonchev–Trinajstić information content (AvgIpc) is 2.68. The molecule has 0 bridgehead atoms. The highest BCUT2D eigenvalue weighted by Crippen LogP contribution is 2.39. The Morgan fingerprint density at radius 3 is 2.94 bits per heavy atom. The summed E-state index contributed by atoms with van der Waals surface area (Å²) in [6.07, 6.45) is 1.12. The number of rotatable bonds is 5. The van der Waals surface area contributed by atoms with Crippen LogP contribution in [-0.4, -0.2) is 30.2 Å². The molecule has 3 N–H and O–H groups in total. The summed E-state index contributed by atoms with van der Waals surface area (Å²) in [6.45, 7) is 3.51. The maximum Gasteiger partial charge on any atom is 0.305 e. The van der Waals surface area contributed by atoms with Crippen molar-refractivity contribution in [2.75, 3.05) is 18.0 Å². The molecule has 0 saturated heterocycles. The van der Waals surface area contributed by atoms with Crippen LogP contribution in [-0.2, 0) is 4.79 Å². The van der Waals surface area contributed by atoms with Gasteiger partial charge in [-0.15, -0.1) is 0 Å². The molecular formula is C14H20N2O2. The van der Waals surface area contributed by atoms with Gasteiger partial charge in [0.05, 0.1) is 6.42 Å². The van der Waals surface area contributed by atoms with Gasteiger partial charge in [-0.2, -0.15) is 0 Å². The first-order valence-corrected chi connectivity index (χ1v) is 6.41. The zero-order valence-corrected chi connectivity index (χ0v) is 10.7. The fourth-order valence-electron chi connectivity index (χ4n) is 2.76. The van der Waals surface area contributed by atoms with Crippen molar-refractivity contribution in [3.63, 3.8) is 0 Å². The number of aliphatic carboxylic acids is 1. The van der Waals surface area contributed by atoms with Crippen LogP contribution in [0.25, 0.3) is 0 Å². The van der Waals surface area contributed by atoms with Crippen molar-refractivity contribution in [3.05, 3.63) is 29.8 Å². The fraction of sp³-hybridized carbons (Fsp3) is 0.500. The number of anilines is 1. The predicted octanol–water partition coefficient (Wildman–Crippen LogP) is 1.80. The van der Waals surface area contributed by atoms with Crippen LogP contribution in [0, 0.1) is 0 Å². The summed E-state index contributed by atoms with van der Waals surface area (Å²) in [5, 5.41) is 8.91. The molecule has 1 aromatic carbocycles. The van der Waals surface area contributed by atoms with Gasteiger partial charge >= 0.3 is 5.97 Å². The van der Waals surface area contributed by atoms with Crippen LogP contribution in [0.15, 0.2) is 24.3 Å². The van der Waals surface area contributed by atoms with Gasteiger partial charge in [0.25, 0.3) is 0 Å². The number of nitrogens with two attached hydrogens (primary N) is 1. The van der Waals surface area contributed by atoms with Crippen LogP contribution in [0.3, 0.4) is 0 Å². The van der Waals surface area contributed by atoms with E-state index in [1.54, 1.807) is 0 Å². The van der Waals surface area contributed by atoms with Gasteiger partial charge in [-0.25, -0.2) is 0 Å². The van der Waals surface area contributed by atoms with Crippen molar-refractivity contribution in [2.24, 2.45) is 5.73 Å². The normalized spacial score (nSPS) is 19.7. The smallest absolute Gasteiger partial charge is 0.305 e. The van der Waals surface area contributed by atoms with E-state index in [4.69, 9.17) is 10.8 Å².